The second kappa shape index (κ2) is 7.05. The SMILES string of the molecule is Cc1ccc(N2CCN(C(=O)Nc3ccc(C#N)cc3)CC2)cc1. The normalized spacial score (nSPS) is 14.2. The molecule has 122 valence electrons. The van der Waals surface area contributed by atoms with Crippen LogP contribution in [0.5, 0.6) is 0 Å². The Morgan fingerprint density at radius 1 is 1.00 bits per heavy atom. The van der Waals surface area contributed by atoms with Gasteiger partial charge in [0.25, 0.3) is 0 Å². The highest BCUT2D eigenvalue weighted by molar-refractivity contribution is 5.89. The first-order chi connectivity index (χ1) is 11.7. The van der Waals surface area contributed by atoms with Crippen LogP contribution in [0.4, 0.5) is 16.2 Å². The lowest BCUT2D eigenvalue weighted by molar-refractivity contribution is 0.208. The van der Waals surface area contributed by atoms with Crippen molar-refractivity contribution in [1.29, 1.82) is 5.26 Å². The predicted molar refractivity (Wildman–Crippen MR) is 95.1 cm³/mol. The van der Waals surface area contributed by atoms with Crippen LogP contribution in [0.2, 0.25) is 0 Å². The molecule has 3 rings (SSSR count). The lowest BCUT2D eigenvalue weighted by Crippen LogP contribution is -2.50. The summed E-state index contributed by atoms with van der Waals surface area (Å²) >= 11 is 0. The van der Waals surface area contributed by atoms with Crippen molar-refractivity contribution in [2.75, 3.05) is 36.4 Å². The minimum atomic E-state index is -0.0942. The molecular formula is C19H20N4O. The standard InChI is InChI=1S/C19H20N4O/c1-15-2-8-18(9-3-15)22-10-12-23(13-11-22)19(24)21-17-6-4-16(14-20)5-7-17/h2-9H,10-13H2,1H3,(H,21,24). The molecule has 2 amide bonds. The number of carbonyl (C=O) groups is 1. The maximum absolute atomic E-state index is 12.3. The Balaban J connectivity index is 1.54. The first-order valence-electron chi connectivity index (χ1n) is 8.03. The van der Waals surface area contributed by atoms with E-state index in [0.29, 0.717) is 24.3 Å². The molecule has 5 nitrogen and oxygen atoms in total. The van der Waals surface area contributed by atoms with Crippen molar-refractivity contribution in [3.8, 4) is 6.07 Å². The number of nitrogens with one attached hydrogen (secondary N) is 1. The van der Waals surface area contributed by atoms with E-state index >= 15 is 0 Å². The summed E-state index contributed by atoms with van der Waals surface area (Å²) in [6, 6.07) is 17.3. The maximum Gasteiger partial charge on any atom is 0.321 e. The van der Waals surface area contributed by atoms with E-state index in [-0.39, 0.29) is 6.03 Å². The van der Waals surface area contributed by atoms with Gasteiger partial charge in [0.05, 0.1) is 11.6 Å². The minimum absolute atomic E-state index is 0.0942. The van der Waals surface area contributed by atoms with Crippen molar-refractivity contribution in [2.45, 2.75) is 6.92 Å². The van der Waals surface area contributed by atoms with E-state index in [4.69, 9.17) is 5.26 Å². The number of amides is 2. The smallest absolute Gasteiger partial charge is 0.321 e. The summed E-state index contributed by atoms with van der Waals surface area (Å²) in [6.45, 7) is 5.11. The van der Waals surface area contributed by atoms with Gasteiger partial charge in [-0.15, -0.1) is 0 Å². The Kier molecular flexibility index (Phi) is 4.66. The second-order valence-corrected chi connectivity index (χ2v) is 5.93. The van der Waals surface area contributed by atoms with Gasteiger partial charge in [-0.1, -0.05) is 17.7 Å². The molecule has 1 heterocycles. The van der Waals surface area contributed by atoms with E-state index in [1.165, 1.54) is 11.3 Å². The van der Waals surface area contributed by atoms with E-state index in [0.717, 1.165) is 13.1 Å². The van der Waals surface area contributed by atoms with E-state index in [2.05, 4.69) is 47.5 Å². The zero-order valence-electron chi connectivity index (χ0n) is 13.7. The zero-order valence-corrected chi connectivity index (χ0v) is 13.7. The summed E-state index contributed by atoms with van der Waals surface area (Å²) < 4.78 is 0. The predicted octanol–water partition coefficient (Wildman–Crippen LogP) is 3.22. The number of aryl methyl sites for hydroxylation is 1. The molecule has 0 atom stereocenters. The van der Waals surface area contributed by atoms with Crippen LogP contribution in [0, 0.1) is 18.3 Å². The highest BCUT2D eigenvalue weighted by Gasteiger charge is 2.21. The van der Waals surface area contributed by atoms with Crippen molar-refractivity contribution in [3.63, 3.8) is 0 Å². The third kappa shape index (κ3) is 3.66. The summed E-state index contributed by atoms with van der Waals surface area (Å²) in [5.41, 5.74) is 3.74. The molecule has 5 heteroatoms. The number of piperazine rings is 1. The first kappa shape index (κ1) is 15.9. The third-order valence-electron chi connectivity index (χ3n) is 4.23. The molecule has 1 N–H and O–H groups in total. The molecule has 0 aliphatic carbocycles. The van der Waals surface area contributed by atoms with Gasteiger partial charge in [-0.05, 0) is 43.3 Å². The van der Waals surface area contributed by atoms with Gasteiger partial charge in [0, 0.05) is 37.6 Å². The Hall–Kier alpha value is -3.00. The average Bonchev–Trinajstić information content (AvgIpc) is 2.63. The van der Waals surface area contributed by atoms with E-state index in [1.54, 1.807) is 24.3 Å². The Morgan fingerprint density at radius 3 is 2.21 bits per heavy atom. The average molecular weight is 320 g/mol. The van der Waals surface area contributed by atoms with Gasteiger partial charge in [0.1, 0.15) is 0 Å². The van der Waals surface area contributed by atoms with Crippen LogP contribution in [0.1, 0.15) is 11.1 Å². The minimum Gasteiger partial charge on any atom is -0.368 e. The lowest BCUT2D eigenvalue weighted by atomic mass is 10.2. The van der Waals surface area contributed by atoms with Gasteiger partial charge >= 0.3 is 6.03 Å². The fourth-order valence-corrected chi connectivity index (χ4v) is 2.75. The number of anilines is 2. The number of nitrogens with zero attached hydrogens (tertiary/aromatic N) is 3. The lowest BCUT2D eigenvalue weighted by Gasteiger charge is -2.36. The third-order valence-corrected chi connectivity index (χ3v) is 4.23. The van der Waals surface area contributed by atoms with E-state index < -0.39 is 0 Å². The topological polar surface area (TPSA) is 59.4 Å². The fourth-order valence-electron chi connectivity index (χ4n) is 2.75. The maximum atomic E-state index is 12.3. The summed E-state index contributed by atoms with van der Waals surface area (Å²) in [5, 5.41) is 11.7. The molecule has 0 bridgehead atoms. The van der Waals surface area contributed by atoms with Crippen LogP contribution in [0.25, 0.3) is 0 Å². The molecule has 0 spiro atoms. The van der Waals surface area contributed by atoms with Gasteiger partial charge in [-0.3, -0.25) is 0 Å². The highest BCUT2D eigenvalue weighted by Crippen LogP contribution is 2.18. The quantitative estimate of drug-likeness (QED) is 0.924. The molecule has 1 aliphatic rings. The number of hydrogen-bond acceptors (Lipinski definition) is 3. The molecule has 1 aliphatic heterocycles. The number of carbonyl (C=O) groups excluding carboxylic acids is 1. The molecule has 2 aromatic rings. The summed E-state index contributed by atoms with van der Waals surface area (Å²) in [4.78, 5) is 16.5. The van der Waals surface area contributed by atoms with Crippen LogP contribution in [0.15, 0.2) is 48.5 Å². The summed E-state index contributed by atoms with van der Waals surface area (Å²) in [5.74, 6) is 0. The first-order valence-corrected chi connectivity index (χ1v) is 8.03. The zero-order chi connectivity index (χ0) is 16.9. The molecule has 1 fully saturated rings. The van der Waals surface area contributed by atoms with Crippen LogP contribution < -0.4 is 10.2 Å². The van der Waals surface area contributed by atoms with Crippen molar-refractivity contribution >= 4 is 17.4 Å². The molecule has 1 saturated heterocycles. The Morgan fingerprint density at radius 2 is 1.62 bits per heavy atom. The molecule has 0 radical (unpaired) electrons. The molecule has 24 heavy (non-hydrogen) atoms. The molecule has 0 unspecified atom stereocenters. The van der Waals surface area contributed by atoms with Crippen LogP contribution >= 0.6 is 0 Å². The summed E-state index contributed by atoms with van der Waals surface area (Å²) in [6.07, 6.45) is 0. The van der Waals surface area contributed by atoms with Gasteiger partial charge in [0.2, 0.25) is 0 Å². The fraction of sp³-hybridized carbons (Fsp3) is 0.263. The molecule has 0 saturated carbocycles. The largest absolute Gasteiger partial charge is 0.368 e. The number of nitriles is 1. The van der Waals surface area contributed by atoms with Crippen molar-refractivity contribution in [2.24, 2.45) is 0 Å². The number of hydrogen-bond donors (Lipinski definition) is 1. The highest BCUT2D eigenvalue weighted by atomic mass is 16.2. The van der Waals surface area contributed by atoms with Gasteiger partial charge in [0.15, 0.2) is 0 Å². The van der Waals surface area contributed by atoms with Crippen molar-refractivity contribution in [1.82, 2.24) is 4.90 Å². The number of benzene rings is 2. The second-order valence-electron chi connectivity index (χ2n) is 5.93. The molecular weight excluding hydrogens is 300 g/mol. The molecule has 0 aromatic heterocycles. The van der Waals surface area contributed by atoms with Gasteiger partial charge < -0.3 is 15.1 Å². The van der Waals surface area contributed by atoms with Crippen molar-refractivity contribution in [3.05, 3.63) is 59.7 Å². The van der Waals surface area contributed by atoms with Gasteiger partial charge in [-0.2, -0.15) is 5.26 Å². The van der Waals surface area contributed by atoms with Crippen LogP contribution in [-0.4, -0.2) is 37.1 Å². The Bertz CT molecular complexity index is 738. The van der Waals surface area contributed by atoms with Crippen molar-refractivity contribution < 1.29 is 4.79 Å². The molecule has 2 aromatic carbocycles. The summed E-state index contributed by atoms with van der Waals surface area (Å²) in [7, 11) is 0. The number of rotatable bonds is 2. The van der Waals surface area contributed by atoms with Gasteiger partial charge in [-0.25, -0.2) is 4.79 Å². The Labute approximate surface area is 142 Å². The van der Waals surface area contributed by atoms with E-state index in [1.807, 2.05) is 4.90 Å². The van der Waals surface area contributed by atoms with E-state index in [9.17, 15) is 4.79 Å². The monoisotopic (exact) mass is 320 g/mol. The van der Waals surface area contributed by atoms with Crippen LogP contribution in [0.3, 0.4) is 0 Å². The van der Waals surface area contributed by atoms with Crippen LogP contribution in [-0.2, 0) is 0 Å². The number of urea groups is 1.